The fourth-order valence-corrected chi connectivity index (χ4v) is 6.28. The van der Waals surface area contributed by atoms with Gasteiger partial charge in [-0.05, 0) is 94.8 Å². The Morgan fingerprint density at radius 1 is 0.811 bits per heavy atom. The van der Waals surface area contributed by atoms with Crippen molar-refractivity contribution in [2.45, 2.75) is 96.6 Å². The Morgan fingerprint density at radius 3 is 1.92 bits per heavy atom. The Kier molecular flexibility index (Phi) is 13.3. The number of rotatable bonds is 15. The van der Waals surface area contributed by atoms with E-state index in [2.05, 4.69) is 23.8 Å². The van der Waals surface area contributed by atoms with Crippen molar-refractivity contribution in [2.75, 3.05) is 13.2 Å². The van der Waals surface area contributed by atoms with Gasteiger partial charge in [-0.15, -0.1) is 13.2 Å². The van der Waals surface area contributed by atoms with Crippen LogP contribution in [0.15, 0.2) is 98.1 Å². The number of ether oxygens (including phenoxy) is 3. The summed E-state index contributed by atoms with van der Waals surface area (Å²) in [4.78, 5) is 55.7. The zero-order valence-electron chi connectivity index (χ0n) is 31.9. The number of nitrogens with zero attached hydrogens (tertiary/aromatic N) is 1. The summed E-state index contributed by atoms with van der Waals surface area (Å²) in [6.45, 7) is 20.3. The first-order valence-corrected chi connectivity index (χ1v) is 18.0. The molecule has 282 valence electrons. The maximum Gasteiger partial charge on any atom is 0.407 e. The largest absolute Gasteiger partial charge is 0.488 e. The fourth-order valence-electron chi connectivity index (χ4n) is 6.28. The summed E-state index contributed by atoms with van der Waals surface area (Å²) in [6, 6.07) is 20.2. The molecule has 0 spiro atoms. The number of alkyl carbamates (subject to hydrolysis) is 1. The second-order valence-electron chi connectivity index (χ2n) is 15.2. The number of hydrogen-bond acceptors (Lipinski definition) is 7. The van der Waals surface area contributed by atoms with Gasteiger partial charge in [0.05, 0.1) is 0 Å². The second-order valence-corrected chi connectivity index (χ2v) is 15.2. The van der Waals surface area contributed by atoms with Gasteiger partial charge in [0.1, 0.15) is 41.7 Å². The van der Waals surface area contributed by atoms with Gasteiger partial charge in [-0.3, -0.25) is 9.59 Å². The fraction of sp³-hybridized carbons (Fsp3) is 0.395. The highest BCUT2D eigenvalue weighted by molar-refractivity contribution is 5.93. The summed E-state index contributed by atoms with van der Waals surface area (Å²) in [5.74, 6) is -1.21. The molecule has 0 aromatic heterocycles. The Morgan fingerprint density at radius 2 is 1.40 bits per heavy atom. The number of fused-ring (bicyclic) bond motifs is 3. The van der Waals surface area contributed by atoms with Gasteiger partial charge in [-0.25, -0.2) is 9.59 Å². The lowest BCUT2D eigenvalue weighted by Gasteiger charge is -2.34. The Hall–Kier alpha value is -5.38. The van der Waals surface area contributed by atoms with E-state index < -0.39 is 47.6 Å². The quantitative estimate of drug-likeness (QED) is 0.127. The summed E-state index contributed by atoms with van der Waals surface area (Å²) < 4.78 is 17.4. The van der Waals surface area contributed by atoms with E-state index in [1.807, 2.05) is 93.6 Å². The van der Waals surface area contributed by atoms with Gasteiger partial charge in [0.2, 0.25) is 11.8 Å². The second kappa shape index (κ2) is 17.4. The molecule has 1 aliphatic carbocycles. The molecule has 3 atom stereocenters. The summed E-state index contributed by atoms with van der Waals surface area (Å²) >= 11 is 0. The highest BCUT2D eigenvalue weighted by Crippen LogP contribution is 2.44. The molecule has 4 rings (SSSR count). The van der Waals surface area contributed by atoms with Crippen molar-refractivity contribution >= 4 is 23.9 Å². The van der Waals surface area contributed by atoms with Gasteiger partial charge in [0.15, 0.2) is 0 Å². The van der Waals surface area contributed by atoms with Crippen LogP contribution in [0, 0.1) is 0 Å². The predicted molar refractivity (Wildman–Crippen MR) is 206 cm³/mol. The van der Waals surface area contributed by atoms with Crippen molar-refractivity contribution in [3.05, 3.63) is 115 Å². The van der Waals surface area contributed by atoms with Crippen LogP contribution in [0.2, 0.25) is 0 Å². The lowest BCUT2D eigenvalue weighted by atomic mass is 9.98. The number of carbonyl (C=O) groups excluding carboxylic acids is 4. The molecule has 10 nitrogen and oxygen atoms in total. The number of carbonyl (C=O) groups is 4. The summed E-state index contributed by atoms with van der Waals surface area (Å²) in [6.07, 6.45) is 2.48. The van der Waals surface area contributed by atoms with Crippen molar-refractivity contribution in [3.8, 4) is 16.9 Å². The molecule has 0 saturated heterocycles. The normalized spacial score (nSPS) is 14.0. The number of nitrogens with one attached hydrogen (secondary N) is 2. The van der Waals surface area contributed by atoms with Crippen molar-refractivity contribution in [3.63, 3.8) is 0 Å². The van der Waals surface area contributed by atoms with E-state index in [0.717, 1.165) is 27.8 Å². The smallest absolute Gasteiger partial charge is 0.407 e. The molecule has 0 unspecified atom stereocenters. The zero-order chi connectivity index (χ0) is 38.9. The van der Waals surface area contributed by atoms with Crippen LogP contribution in [0.5, 0.6) is 5.75 Å². The van der Waals surface area contributed by atoms with E-state index in [4.69, 9.17) is 14.2 Å². The predicted octanol–water partition coefficient (Wildman–Crippen LogP) is 7.12. The number of hydrogen-bond donors (Lipinski definition) is 2. The first-order valence-electron chi connectivity index (χ1n) is 18.0. The molecule has 0 radical (unpaired) electrons. The molecular formula is C43H53N3O7. The average molecular weight is 724 g/mol. The molecule has 2 N–H and O–H groups in total. The van der Waals surface area contributed by atoms with Crippen LogP contribution in [0.3, 0.4) is 0 Å². The van der Waals surface area contributed by atoms with Crippen molar-refractivity contribution in [1.29, 1.82) is 0 Å². The highest BCUT2D eigenvalue weighted by atomic mass is 16.6. The van der Waals surface area contributed by atoms with Gasteiger partial charge in [0, 0.05) is 18.9 Å². The van der Waals surface area contributed by atoms with E-state index in [9.17, 15) is 19.2 Å². The van der Waals surface area contributed by atoms with Crippen LogP contribution in [0.25, 0.3) is 11.1 Å². The van der Waals surface area contributed by atoms with Crippen LogP contribution in [0.1, 0.15) is 77.5 Å². The first-order chi connectivity index (χ1) is 25.0. The Bertz CT molecular complexity index is 1740. The van der Waals surface area contributed by atoms with Gasteiger partial charge < -0.3 is 29.7 Å². The standard InChI is InChI=1S/C43H53N3O7/c1-10-16-36(45-41(50)51-27-35-33-19-14-12-17-31(33)32-18-13-15-20-34(32)35)38(47)44-28(3)39(48)46(25-11-2)37(40(49)53-43(7,8)9)26-29-21-23-30(24-22-29)52-42(4,5)6/h10-15,17-24,28,35-37H,1-2,16,25-27H2,3-9H3,(H,44,47)(H,45,50)/t28-,36-,37-/m0/s1. The molecule has 3 amide bonds. The van der Waals surface area contributed by atoms with E-state index in [-0.39, 0.29) is 37.5 Å². The Labute approximate surface area is 313 Å². The summed E-state index contributed by atoms with van der Waals surface area (Å²) in [5.41, 5.74) is 3.91. The lowest BCUT2D eigenvalue weighted by Crippen LogP contribution is -2.57. The molecule has 0 bridgehead atoms. The minimum Gasteiger partial charge on any atom is -0.488 e. The number of amides is 3. The zero-order valence-corrected chi connectivity index (χ0v) is 31.9. The molecule has 10 heteroatoms. The molecule has 0 saturated carbocycles. The monoisotopic (exact) mass is 723 g/mol. The van der Waals surface area contributed by atoms with Gasteiger partial charge in [-0.1, -0.05) is 72.8 Å². The van der Waals surface area contributed by atoms with E-state index >= 15 is 0 Å². The van der Waals surface area contributed by atoms with E-state index in [1.165, 1.54) is 24.0 Å². The SMILES string of the molecule is C=CC[C@H](NC(=O)OCC1c2ccccc2-c2ccccc21)C(=O)N[C@@H](C)C(=O)N(CC=C)[C@@H](Cc1ccc(OC(C)(C)C)cc1)C(=O)OC(C)(C)C. The third-order valence-corrected chi connectivity index (χ3v) is 8.52. The van der Waals surface area contributed by atoms with Crippen LogP contribution in [-0.4, -0.2) is 71.3 Å². The molecule has 0 fully saturated rings. The van der Waals surface area contributed by atoms with Gasteiger partial charge in [-0.2, -0.15) is 0 Å². The molecule has 0 heterocycles. The van der Waals surface area contributed by atoms with Crippen molar-refractivity contribution in [1.82, 2.24) is 15.5 Å². The lowest BCUT2D eigenvalue weighted by molar-refractivity contribution is -0.164. The molecule has 0 aliphatic heterocycles. The minimum absolute atomic E-state index is 0.0161. The summed E-state index contributed by atoms with van der Waals surface area (Å²) in [5, 5.41) is 5.35. The van der Waals surface area contributed by atoms with Crippen LogP contribution < -0.4 is 15.4 Å². The maximum atomic E-state index is 14.0. The topological polar surface area (TPSA) is 123 Å². The summed E-state index contributed by atoms with van der Waals surface area (Å²) in [7, 11) is 0. The molecule has 3 aromatic carbocycles. The third kappa shape index (κ3) is 11.1. The van der Waals surface area contributed by atoms with Crippen LogP contribution in [0.4, 0.5) is 4.79 Å². The third-order valence-electron chi connectivity index (χ3n) is 8.52. The average Bonchev–Trinajstić information content (AvgIpc) is 3.41. The first kappa shape index (κ1) is 40.4. The minimum atomic E-state index is -1.08. The van der Waals surface area contributed by atoms with Crippen molar-refractivity contribution in [2.24, 2.45) is 0 Å². The van der Waals surface area contributed by atoms with E-state index in [1.54, 1.807) is 20.8 Å². The Balaban J connectivity index is 1.45. The van der Waals surface area contributed by atoms with Crippen LogP contribution in [-0.2, 0) is 30.3 Å². The maximum absolute atomic E-state index is 14.0. The van der Waals surface area contributed by atoms with Crippen molar-refractivity contribution < 1.29 is 33.4 Å². The molecule has 3 aromatic rings. The number of benzene rings is 3. The van der Waals surface area contributed by atoms with E-state index in [0.29, 0.717) is 5.75 Å². The van der Waals surface area contributed by atoms with Gasteiger partial charge >= 0.3 is 12.1 Å². The molecule has 53 heavy (non-hydrogen) atoms. The highest BCUT2D eigenvalue weighted by Gasteiger charge is 2.36. The number of esters is 1. The van der Waals surface area contributed by atoms with Crippen LogP contribution >= 0.6 is 0 Å². The molecular weight excluding hydrogens is 670 g/mol. The molecule has 1 aliphatic rings. The van der Waals surface area contributed by atoms with Gasteiger partial charge in [0.25, 0.3) is 0 Å².